The largest absolute Gasteiger partial charge is 0.390 e. The van der Waals surface area contributed by atoms with Crippen LogP contribution in [0.3, 0.4) is 0 Å². The standard InChI is InChI=1S/C21H18ClF5N2O2/c22-15-3-1-2-13(10-15)17(30)29-16-6-4-14(5-7-16)19(11-20(23,24)12-19)18(31)28-9-8-21(25,26)27/h1-7,10H,8-9,11-12H2,(H,28,31)(H,29,30). The van der Waals surface area contributed by atoms with Gasteiger partial charge in [0.25, 0.3) is 11.8 Å². The third-order valence-electron chi connectivity index (χ3n) is 5.03. The molecule has 0 aliphatic heterocycles. The highest BCUT2D eigenvalue weighted by Crippen LogP contribution is 2.53. The van der Waals surface area contributed by atoms with Crippen molar-refractivity contribution in [3.63, 3.8) is 0 Å². The van der Waals surface area contributed by atoms with E-state index in [0.29, 0.717) is 16.3 Å². The van der Waals surface area contributed by atoms with Crippen molar-refractivity contribution in [2.75, 3.05) is 11.9 Å². The highest BCUT2D eigenvalue weighted by Gasteiger charge is 2.61. The normalized spacial score (nSPS) is 16.8. The van der Waals surface area contributed by atoms with Crippen LogP contribution in [0.15, 0.2) is 48.5 Å². The summed E-state index contributed by atoms with van der Waals surface area (Å²) in [5.41, 5.74) is -0.711. The van der Waals surface area contributed by atoms with Gasteiger partial charge in [-0.15, -0.1) is 0 Å². The van der Waals surface area contributed by atoms with Crippen molar-refractivity contribution in [2.45, 2.75) is 36.8 Å². The molecule has 1 saturated carbocycles. The minimum atomic E-state index is -4.47. The third-order valence-corrected chi connectivity index (χ3v) is 5.27. The zero-order valence-electron chi connectivity index (χ0n) is 16.0. The molecule has 2 amide bonds. The Morgan fingerprint density at radius 1 is 1.03 bits per heavy atom. The Kier molecular flexibility index (Phi) is 6.27. The smallest absolute Gasteiger partial charge is 0.355 e. The Balaban J connectivity index is 1.72. The molecule has 4 nitrogen and oxygen atoms in total. The Labute approximate surface area is 179 Å². The molecule has 10 heteroatoms. The zero-order valence-corrected chi connectivity index (χ0v) is 16.8. The van der Waals surface area contributed by atoms with Crippen LogP contribution in [-0.4, -0.2) is 30.5 Å². The summed E-state index contributed by atoms with van der Waals surface area (Å²) in [7, 11) is 0. The second-order valence-corrected chi connectivity index (χ2v) is 7.89. The number of alkyl halides is 5. The fourth-order valence-electron chi connectivity index (χ4n) is 3.52. The van der Waals surface area contributed by atoms with Crippen LogP contribution in [0.5, 0.6) is 0 Å². The van der Waals surface area contributed by atoms with Crippen LogP contribution in [0, 0.1) is 0 Å². The number of amides is 2. The van der Waals surface area contributed by atoms with E-state index in [1.165, 1.54) is 30.3 Å². The van der Waals surface area contributed by atoms with Crippen LogP contribution in [0.2, 0.25) is 5.02 Å². The highest BCUT2D eigenvalue weighted by atomic mass is 35.5. The van der Waals surface area contributed by atoms with Gasteiger partial charge in [-0.3, -0.25) is 9.59 Å². The Morgan fingerprint density at radius 2 is 1.68 bits per heavy atom. The molecule has 0 bridgehead atoms. The number of nitrogens with one attached hydrogen (secondary N) is 2. The Bertz CT molecular complexity index is 968. The quantitative estimate of drug-likeness (QED) is 0.573. The molecule has 0 atom stereocenters. The molecule has 0 saturated heterocycles. The Hall–Kier alpha value is -2.68. The van der Waals surface area contributed by atoms with Gasteiger partial charge in [-0.2, -0.15) is 13.2 Å². The second kappa shape index (κ2) is 8.45. The lowest BCUT2D eigenvalue weighted by molar-refractivity contribution is -0.160. The lowest BCUT2D eigenvalue weighted by atomic mass is 9.61. The summed E-state index contributed by atoms with van der Waals surface area (Å²) in [6, 6.07) is 12.0. The molecule has 1 aliphatic rings. The van der Waals surface area contributed by atoms with Crippen molar-refractivity contribution in [2.24, 2.45) is 0 Å². The number of carbonyl (C=O) groups excluding carboxylic acids is 2. The highest BCUT2D eigenvalue weighted by molar-refractivity contribution is 6.31. The molecule has 0 radical (unpaired) electrons. The maximum absolute atomic E-state index is 13.6. The van der Waals surface area contributed by atoms with Gasteiger partial charge in [0.05, 0.1) is 11.8 Å². The minimum absolute atomic E-state index is 0.240. The predicted molar refractivity (Wildman–Crippen MR) is 105 cm³/mol. The van der Waals surface area contributed by atoms with Crippen LogP contribution in [0.4, 0.5) is 27.6 Å². The van der Waals surface area contributed by atoms with E-state index in [1.54, 1.807) is 18.2 Å². The van der Waals surface area contributed by atoms with Gasteiger partial charge in [0.1, 0.15) is 0 Å². The molecule has 1 aliphatic carbocycles. The zero-order chi connectivity index (χ0) is 22.9. The molecular formula is C21H18ClF5N2O2. The van der Waals surface area contributed by atoms with E-state index in [2.05, 4.69) is 10.6 Å². The van der Waals surface area contributed by atoms with Crippen molar-refractivity contribution in [1.82, 2.24) is 5.32 Å². The van der Waals surface area contributed by atoms with E-state index < -0.39 is 55.1 Å². The number of hydrogen-bond donors (Lipinski definition) is 2. The number of anilines is 1. The SMILES string of the molecule is O=C(Nc1ccc(C2(C(=O)NCCC(F)(F)F)CC(F)(F)C2)cc1)c1cccc(Cl)c1. The molecule has 1 fully saturated rings. The van der Waals surface area contributed by atoms with Crippen molar-refractivity contribution < 1.29 is 31.5 Å². The molecule has 0 unspecified atom stereocenters. The maximum Gasteiger partial charge on any atom is 0.390 e. The molecule has 31 heavy (non-hydrogen) atoms. The van der Waals surface area contributed by atoms with Crippen LogP contribution in [0.25, 0.3) is 0 Å². The summed E-state index contributed by atoms with van der Waals surface area (Å²) < 4.78 is 64.2. The molecule has 0 aromatic heterocycles. The molecule has 0 spiro atoms. The monoisotopic (exact) mass is 460 g/mol. The molecule has 2 aromatic carbocycles. The number of hydrogen-bond acceptors (Lipinski definition) is 2. The van der Waals surface area contributed by atoms with Crippen LogP contribution < -0.4 is 10.6 Å². The predicted octanol–water partition coefficient (Wildman–Crippen LogP) is 5.33. The lowest BCUT2D eigenvalue weighted by Crippen LogP contribution is -2.58. The van der Waals surface area contributed by atoms with Gasteiger partial charge in [-0.25, -0.2) is 8.78 Å². The first-order valence-electron chi connectivity index (χ1n) is 9.31. The third kappa shape index (κ3) is 5.52. The first-order chi connectivity index (χ1) is 14.4. The van der Waals surface area contributed by atoms with E-state index in [9.17, 15) is 31.5 Å². The van der Waals surface area contributed by atoms with Gasteiger partial charge in [-0.1, -0.05) is 29.8 Å². The molecular weight excluding hydrogens is 443 g/mol. The average molecular weight is 461 g/mol. The molecule has 2 aromatic rings. The summed E-state index contributed by atoms with van der Waals surface area (Å²) >= 11 is 5.86. The Morgan fingerprint density at radius 3 is 2.23 bits per heavy atom. The van der Waals surface area contributed by atoms with E-state index in [4.69, 9.17) is 11.6 Å². The fraction of sp³-hybridized carbons (Fsp3) is 0.333. The number of halogens is 6. The van der Waals surface area contributed by atoms with Crippen molar-refractivity contribution >= 4 is 29.1 Å². The molecule has 2 N–H and O–H groups in total. The molecule has 0 heterocycles. The molecule has 166 valence electrons. The van der Waals surface area contributed by atoms with Crippen molar-refractivity contribution in [3.8, 4) is 0 Å². The van der Waals surface area contributed by atoms with E-state index >= 15 is 0 Å². The van der Waals surface area contributed by atoms with E-state index in [1.807, 2.05) is 0 Å². The lowest BCUT2D eigenvalue weighted by Gasteiger charge is -2.46. The van der Waals surface area contributed by atoms with Gasteiger partial charge >= 0.3 is 6.18 Å². The van der Waals surface area contributed by atoms with E-state index in [-0.39, 0.29) is 5.56 Å². The summed E-state index contributed by atoms with van der Waals surface area (Å²) in [4.78, 5) is 24.8. The van der Waals surface area contributed by atoms with Crippen LogP contribution >= 0.6 is 11.6 Å². The van der Waals surface area contributed by atoms with Crippen LogP contribution in [-0.2, 0) is 10.2 Å². The van der Waals surface area contributed by atoms with Crippen LogP contribution in [0.1, 0.15) is 35.2 Å². The second-order valence-electron chi connectivity index (χ2n) is 7.45. The summed E-state index contributed by atoms with van der Waals surface area (Å²) in [6.07, 6.45) is -7.31. The first kappa shape index (κ1) is 23.0. The van der Waals surface area contributed by atoms with Crippen molar-refractivity contribution in [3.05, 3.63) is 64.7 Å². The average Bonchev–Trinajstić information content (AvgIpc) is 2.65. The number of benzene rings is 2. The summed E-state index contributed by atoms with van der Waals surface area (Å²) in [5.74, 6) is -4.40. The maximum atomic E-state index is 13.6. The fourth-order valence-corrected chi connectivity index (χ4v) is 3.71. The van der Waals surface area contributed by atoms with E-state index in [0.717, 1.165) is 0 Å². The van der Waals surface area contributed by atoms with Crippen molar-refractivity contribution in [1.29, 1.82) is 0 Å². The summed E-state index contributed by atoms with van der Waals surface area (Å²) in [6.45, 7) is -0.691. The number of carbonyl (C=O) groups is 2. The summed E-state index contributed by atoms with van der Waals surface area (Å²) in [5, 5.41) is 5.12. The van der Waals surface area contributed by atoms with Gasteiger partial charge in [0, 0.05) is 35.7 Å². The minimum Gasteiger partial charge on any atom is -0.355 e. The van der Waals surface area contributed by atoms with Gasteiger partial charge in [0.2, 0.25) is 5.91 Å². The first-order valence-corrected chi connectivity index (χ1v) is 9.68. The molecule has 3 rings (SSSR count). The van der Waals surface area contributed by atoms with Gasteiger partial charge in [0.15, 0.2) is 0 Å². The topological polar surface area (TPSA) is 58.2 Å². The number of rotatable bonds is 6. The van der Waals surface area contributed by atoms with Gasteiger partial charge in [-0.05, 0) is 35.9 Å². The van der Waals surface area contributed by atoms with Gasteiger partial charge < -0.3 is 10.6 Å².